The van der Waals surface area contributed by atoms with Crippen molar-refractivity contribution in [2.45, 2.75) is 85.5 Å². The molecule has 4 aromatic carbocycles. The average Bonchev–Trinajstić information content (AvgIpc) is 3.50. The Labute approximate surface area is 267 Å². The van der Waals surface area contributed by atoms with E-state index in [1.165, 1.54) is 44.5 Å². The third-order valence-electron chi connectivity index (χ3n) is 11.0. The Morgan fingerprint density at radius 3 is 1.41 bits per heavy atom. The molecule has 0 bridgehead atoms. The first-order valence-corrected chi connectivity index (χ1v) is 25.2. The molecule has 0 aliphatic heterocycles. The van der Waals surface area contributed by atoms with E-state index in [4.69, 9.17) is 0 Å². The molecule has 4 aromatic rings. The normalized spacial score (nSPS) is 15.8. The molecule has 0 spiro atoms. The van der Waals surface area contributed by atoms with E-state index < -0.39 is 18.3 Å². The second-order valence-corrected chi connectivity index (χ2v) is 32.9. The van der Waals surface area contributed by atoms with Gasteiger partial charge in [-0.25, -0.2) is 0 Å². The molecule has 2 aliphatic carbocycles. The van der Waals surface area contributed by atoms with Crippen LogP contribution in [0, 0.1) is 0 Å². The van der Waals surface area contributed by atoms with Gasteiger partial charge in [-0.3, -0.25) is 0 Å². The Kier molecular flexibility index (Phi) is 7.49. The number of hydrogen-bond donors (Lipinski definition) is 0. The first-order chi connectivity index (χ1) is 20.6. The molecule has 0 unspecified atom stereocenters. The van der Waals surface area contributed by atoms with Gasteiger partial charge in [-0.2, -0.15) is 0 Å². The molecule has 6 rings (SSSR count). The van der Waals surface area contributed by atoms with Crippen molar-refractivity contribution in [2.75, 3.05) is 0 Å². The van der Waals surface area contributed by atoms with Gasteiger partial charge in [-0.1, -0.05) is 0 Å². The van der Waals surface area contributed by atoms with Crippen molar-refractivity contribution in [3.63, 3.8) is 0 Å². The fourth-order valence-electron chi connectivity index (χ4n) is 8.24. The van der Waals surface area contributed by atoms with E-state index in [1.54, 1.807) is 17.6 Å². The molecule has 0 nitrogen and oxygen atoms in total. The topological polar surface area (TPSA) is 0 Å². The maximum atomic E-state index is 2.78. The van der Waals surface area contributed by atoms with Crippen LogP contribution in [0.5, 0.6) is 0 Å². The maximum absolute atomic E-state index is 4.39. The van der Waals surface area contributed by atoms with E-state index in [0.717, 1.165) is 6.42 Å². The van der Waals surface area contributed by atoms with Crippen molar-refractivity contribution < 1.29 is 18.3 Å². The van der Waals surface area contributed by atoms with E-state index in [1.807, 2.05) is 0 Å². The van der Waals surface area contributed by atoms with Crippen LogP contribution in [0.15, 0.2) is 118 Å². The molecule has 0 N–H and O–H groups in total. The van der Waals surface area contributed by atoms with Gasteiger partial charge in [0.05, 0.1) is 0 Å². The minimum absolute atomic E-state index is 0.0739. The number of fused-ring (bicyclic) bond motifs is 3. The molecule has 226 valence electrons. The molecular weight excluding hydrogens is 608 g/mol. The molecule has 0 saturated heterocycles. The van der Waals surface area contributed by atoms with Crippen molar-refractivity contribution in [2.24, 2.45) is 0 Å². The van der Waals surface area contributed by atoms with Crippen molar-refractivity contribution in [3.8, 4) is 11.1 Å². The van der Waals surface area contributed by atoms with Crippen LogP contribution in [0.1, 0.15) is 98.8 Å². The third-order valence-corrected chi connectivity index (χ3v) is 27.7. The zero-order valence-corrected chi connectivity index (χ0v) is 31.1. The summed E-state index contributed by atoms with van der Waals surface area (Å²) in [5.74, 6) is 0. The first-order valence-electron chi connectivity index (χ1n) is 16.4. The molecular formula is C43H50Zr. The van der Waals surface area contributed by atoms with Gasteiger partial charge < -0.3 is 0 Å². The predicted octanol–water partition coefficient (Wildman–Crippen LogP) is 12.0. The van der Waals surface area contributed by atoms with E-state index in [2.05, 4.69) is 168 Å². The van der Waals surface area contributed by atoms with Crippen molar-refractivity contribution >= 4 is 3.21 Å². The molecule has 2 aliphatic rings. The van der Waals surface area contributed by atoms with Crippen LogP contribution >= 0.6 is 0 Å². The fraction of sp³-hybridized carbons (Fsp3) is 0.326. The number of benzene rings is 4. The summed E-state index contributed by atoms with van der Waals surface area (Å²) >= 11 is -4.39. The summed E-state index contributed by atoms with van der Waals surface area (Å²) in [4.78, 5) is 0. The molecule has 0 radical (unpaired) electrons. The van der Waals surface area contributed by atoms with Gasteiger partial charge in [0.25, 0.3) is 0 Å². The molecule has 0 atom stereocenters. The van der Waals surface area contributed by atoms with Gasteiger partial charge in [-0.05, 0) is 0 Å². The summed E-state index contributed by atoms with van der Waals surface area (Å²) in [6, 6.07) is 37.6. The van der Waals surface area contributed by atoms with Crippen molar-refractivity contribution in [1.82, 2.24) is 0 Å². The van der Waals surface area contributed by atoms with Crippen LogP contribution < -0.4 is 0 Å². The third kappa shape index (κ3) is 4.95. The minimum atomic E-state index is -4.39. The van der Waals surface area contributed by atoms with Crippen LogP contribution in [0.2, 0.25) is 9.26 Å². The van der Waals surface area contributed by atoms with Crippen molar-refractivity contribution in [1.29, 1.82) is 0 Å². The van der Waals surface area contributed by atoms with E-state index in [-0.39, 0.29) is 10.8 Å². The summed E-state index contributed by atoms with van der Waals surface area (Å²) in [7, 11) is 0. The summed E-state index contributed by atoms with van der Waals surface area (Å²) < 4.78 is 9.20. The fourth-order valence-corrected chi connectivity index (χ4v) is 25.2. The Morgan fingerprint density at radius 1 is 0.614 bits per heavy atom. The molecule has 0 saturated carbocycles. The molecule has 44 heavy (non-hydrogen) atoms. The molecule has 1 heteroatoms. The quantitative estimate of drug-likeness (QED) is 0.205. The predicted molar refractivity (Wildman–Crippen MR) is 190 cm³/mol. The SMILES string of the molecule is CC1=C(C)C[C]([Zr]([CH3])([CH3])(=[C](c2ccccc2)c2ccccc2)[CH]2c3cc(C(C)(C)C)ccc3-c3ccc(C(C)(C)C)cc32)=C1. The second-order valence-electron chi connectivity index (χ2n) is 16.4. The van der Waals surface area contributed by atoms with E-state index >= 15 is 0 Å². The van der Waals surface area contributed by atoms with Crippen LogP contribution in [0.3, 0.4) is 0 Å². The Bertz CT molecular complexity index is 1790. The van der Waals surface area contributed by atoms with E-state index in [0.29, 0.717) is 3.63 Å². The summed E-state index contributed by atoms with van der Waals surface area (Å²) in [6.45, 7) is 18.8. The van der Waals surface area contributed by atoms with Gasteiger partial charge in [0.1, 0.15) is 0 Å². The Morgan fingerprint density at radius 2 is 1.05 bits per heavy atom. The zero-order valence-electron chi connectivity index (χ0n) is 28.6. The summed E-state index contributed by atoms with van der Waals surface area (Å²) in [5, 5.41) is 0. The van der Waals surface area contributed by atoms with Crippen molar-refractivity contribution in [3.05, 3.63) is 151 Å². The second kappa shape index (κ2) is 10.6. The van der Waals surface area contributed by atoms with Gasteiger partial charge >= 0.3 is 269 Å². The van der Waals surface area contributed by atoms with Gasteiger partial charge in [0.15, 0.2) is 0 Å². The van der Waals surface area contributed by atoms with Gasteiger partial charge in [0.2, 0.25) is 0 Å². The molecule has 0 amide bonds. The monoisotopic (exact) mass is 656 g/mol. The Balaban J connectivity index is 1.85. The van der Waals surface area contributed by atoms with Crippen LogP contribution in [-0.4, -0.2) is 3.21 Å². The Hall–Kier alpha value is -2.89. The van der Waals surface area contributed by atoms with Crippen LogP contribution in [0.4, 0.5) is 0 Å². The summed E-state index contributed by atoms with van der Waals surface area (Å²) in [6.07, 6.45) is 3.69. The first kappa shape index (κ1) is 31.1. The molecule has 0 aromatic heterocycles. The number of rotatable bonds is 4. The van der Waals surface area contributed by atoms with Crippen LogP contribution in [-0.2, 0) is 29.1 Å². The summed E-state index contributed by atoms with van der Waals surface area (Å²) in [5.41, 5.74) is 14.7. The number of hydrogen-bond acceptors (Lipinski definition) is 0. The molecule has 0 fully saturated rings. The van der Waals surface area contributed by atoms with Gasteiger partial charge in [-0.15, -0.1) is 0 Å². The van der Waals surface area contributed by atoms with E-state index in [9.17, 15) is 0 Å². The standard InChI is InChI=1S/C21H25.C13H10.C7H9.2CH3.Zr/c1-20(2,3)16-7-9-18-14(12-16)11-15-13-17(21(4,5)6)8-10-19(15)18;1-3-7-12(8-4-1)11-13-9-5-2-6-10-13;1-6-4-3-5-7(6)2;;;/h7-13H,1-6H3;1-10H;4H,5H2,1-2H3;2*1H3;. The molecule has 0 heterocycles. The van der Waals surface area contributed by atoms with Gasteiger partial charge in [0, 0.05) is 0 Å². The van der Waals surface area contributed by atoms with Crippen LogP contribution in [0.25, 0.3) is 11.1 Å². The average molecular weight is 658 g/mol. The zero-order chi connectivity index (χ0) is 31.7. The number of allylic oxidation sites excluding steroid dienone is 4.